The van der Waals surface area contributed by atoms with Crippen LogP contribution in [-0.2, 0) is 46.3 Å². The number of H-pyrrole nitrogens is 1. The van der Waals surface area contributed by atoms with E-state index in [4.69, 9.17) is 10.5 Å². The Morgan fingerprint density at radius 3 is 2.07 bits per heavy atom. The number of fused-ring (bicyclic) bond motifs is 1. The van der Waals surface area contributed by atoms with Crippen LogP contribution in [0.1, 0.15) is 63.1 Å². The number of benzene rings is 3. The average molecular weight is 842 g/mol. The predicted molar refractivity (Wildman–Crippen MR) is 225 cm³/mol. The van der Waals surface area contributed by atoms with Crippen molar-refractivity contribution in [2.45, 2.75) is 89.1 Å². The van der Waals surface area contributed by atoms with E-state index in [0.717, 1.165) is 10.9 Å². The maximum Gasteiger partial charge on any atom is 0.408 e. The summed E-state index contributed by atoms with van der Waals surface area (Å²) in [4.78, 5) is 94.5. The van der Waals surface area contributed by atoms with Crippen LogP contribution in [0.3, 0.4) is 0 Å². The number of carboxylic acid groups (broad SMARTS) is 1. The Morgan fingerprint density at radius 1 is 0.770 bits per heavy atom. The Bertz CT molecular complexity index is 2190. The molecule has 0 fully saturated rings. The molecule has 1 aromatic heterocycles. The molecule has 0 aliphatic carbocycles. The summed E-state index contributed by atoms with van der Waals surface area (Å²) in [7, 11) is 0. The minimum Gasteiger partial charge on any atom is -0.481 e. The lowest BCUT2D eigenvalue weighted by Gasteiger charge is -2.26. The maximum absolute atomic E-state index is 14.1. The quantitative estimate of drug-likeness (QED) is 0.0452. The van der Waals surface area contributed by atoms with Gasteiger partial charge in [0.25, 0.3) is 0 Å². The zero-order chi connectivity index (χ0) is 44.5. The van der Waals surface area contributed by atoms with Crippen molar-refractivity contribution in [3.05, 3.63) is 114 Å². The maximum atomic E-state index is 14.1. The number of nitrogens with one attached hydrogen (secondary N) is 6. The van der Waals surface area contributed by atoms with E-state index in [0.29, 0.717) is 23.1 Å². The molecule has 0 aliphatic rings. The van der Waals surface area contributed by atoms with Crippen LogP contribution in [0.25, 0.3) is 17.0 Å². The van der Waals surface area contributed by atoms with Crippen molar-refractivity contribution >= 4 is 58.6 Å². The second-order valence-electron chi connectivity index (χ2n) is 15.3. The Morgan fingerprint density at radius 2 is 1.39 bits per heavy atom. The molecule has 16 nitrogen and oxygen atoms in total. The van der Waals surface area contributed by atoms with Crippen molar-refractivity contribution in [3.8, 4) is 0 Å². The van der Waals surface area contributed by atoms with E-state index in [9.17, 15) is 43.1 Å². The summed E-state index contributed by atoms with van der Waals surface area (Å²) in [5, 5.41) is 23.3. The lowest BCUT2D eigenvalue weighted by Crippen LogP contribution is -2.59. The molecule has 4 atom stereocenters. The van der Waals surface area contributed by atoms with Gasteiger partial charge in [0.1, 0.15) is 35.6 Å². The van der Waals surface area contributed by atoms with Gasteiger partial charge in [0, 0.05) is 42.6 Å². The molecule has 0 saturated carbocycles. The fourth-order valence-electron chi connectivity index (χ4n) is 6.21. The van der Waals surface area contributed by atoms with Gasteiger partial charge in [-0.3, -0.25) is 28.8 Å². The van der Waals surface area contributed by atoms with E-state index in [-0.39, 0.29) is 32.2 Å². The molecule has 0 saturated heterocycles. The van der Waals surface area contributed by atoms with Crippen LogP contribution in [0, 0.1) is 5.82 Å². The highest BCUT2D eigenvalue weighted by molar-refractivity contribution is 5.97. The molecule has 324 valence electrons. The molecule has 0 radical (unpaired) electrons. The fourth-order valence-corrected chi connectivity index (χ4v) is 6.21. The number of nitrogens with two attached hydrogens (primary N) is 1. The van der Waals surface area contributed by atoms with Crippen LogP contribution in [0.15, 0.2) is 91.1 Å². The molecule has 61 heavy (non-hydrogen) atoms. The summed E-state index contributed by atoms with van der Waals surface area (Å²) < 4.78 is 18.7. The number of carboxylic acids is 1. The Balaban J connectivity index is 1.53. The Hall–Kier alpha value is -7.04. The number of ether oxygens (including phenoxy) is 1. The molecular weight excluding hydrogens is 790 g/mol. The molecule has 3 aromatic carbocycles. The number of carbonyl (C=O) groups is 7. The second kappa shape index (κ2) is 22.4. The Kier molecular flexibility index (Phi) is 17.1. The van der Waals surface area contributed by atoms with E-state index in [1.807, 2.05) is 24.3 Å². The van der Waals surface area contributed by atoms with Crippen LogP contribution in [0.2, 0.25) is 0 Å². The van der Waals surface area contributed by atoms with E-state index in [1.165, 1.54) is 36.4 Å². The van der Waals surface area contributed by atoms with Gasteiger partial charge in [-0.05, 0) is 81.0 Å². The number of halogens is 1. The molecule has 0 spiro atoms. The van der Waals surface area contributed by atoms with Gasteiger partial charge < -0.3 is 47.1 Å². The number of carbonyl (C=O) groups excluding carboxylic acids is 6. The van der Waals surface area contributed by atoms with Crippen LogP contribution in [0.5, 0.6) is 0 Å². The van der Waals surface area contributed by atoms with Crippen LogP contribution < -0.4 is 32.3 Å². The van der Waals surface area contributed by atoms with E-state index >= 15 is 0 Å². The smallest absolute Gasteiger partial charge is 0.408 e. The number of hydrogen-bond donors (Lipinski definition) is 8. The number of aromatic amines is 1. The zero-order valence-electron chi connectivity index (χ0n) is 34.2. The summed E-state index contributed by atoms with van der Waals surface area (Å²) in [6, 6.07) is 15.9. The largest absolute Gasteiger partial charge is 0.481 e. The lowest BCUT2D eigenvalue weighted by molar-refractivity contribution is -0.141. The average Bonchev–Trinajstić information content (AvgIpc) is 3.61. The van der Waals surface area contributed by atoms with Crippen LogP contribution in [-0.4, -0.2) is 88.0 Å². The molecule has 17 heteroatoms. The van der Waals surface area contributed by atoms with Crippen molar-refractivity contribution < 1.29 is 47.8 Å². The number of aliphatic carboxylic acids is 1. The molecule has 0 unspecified atom stereocenters. The number of rotatable bonds is 21. The number of primary amides is 1. The van der Waals surface area contributed by atoms with Crippen molar-refractivity contribution in [3.63, 3.8) is 0 Å². The highest BCUT2D eigenvalue weighted by Crippen LogP contribution is 2.20. The van der Waals surface area contributed by atoms with Gasteiger partial charge in [0.15, 0.2) is 0 Å². The third-order valence-electron chi connectivity index (χ3n) is 9.21. The van der Waals surface area contributed by atoms with Gasteiger partial charge in [-0.1, -0.05) is 60.7 Å². The molecule has 9 N–H and O–H groups in total. The topological polar surface area (TPSA) is 251 Å². The zero-order valence-corrected chi connectivity index (χ0v) is 34.2. The molecule has 0 aliphatic heterocycles. The first-order valence-electron chi connectivity index (χ1n) is 19.7. The van der Waals surface area contributed by atoms with Crippen LogP contribution >= 0.6 is 0 Å². The lowest BCUT2D eigenvalue weighted by atomic mass is 10.0. The van der Waals surface area contributed by atoms with Gasteiger partial charge in [0.2, 0.25) is 29.5 Å². The second-order valence-corrected chi connectivity index (χ2v) is 15.3. The first-order chi connectivity index (χ1) is 29.0. The van der Waals surface area contributed by atoms with Gasteiger partial charge in [-0.15, -0.1) is 0 Å². The highest BCUT2D eigenvalue weighted by Gasteiger charge is 2.33. The normalized spacial score (nSPS) is 13.3. The van der Waals surface area contributed by atoms with E-state index in [2.05, 4.69) is 31.6 Å². The summed E-state index contributed by atoms with van der Waals surface area (Å²) in [6.07, 6.45) is 3.20. The van der Waals surface area contributed by atoms with Crippen LogP contribution in [0.4, 0.5) is 9.18 Å². The van der Waals surface area contributed by atoms with Gasteiger partial charge in [-0.25, -0.2) is 9.18 Å². The molecule has 1 heterocycles. The summed E-state index contributed by atoms with van der Waals surface area (Å²) in [5.74, 6) is -5.88. The van der Waals surface area contributed by atoms with Crippen molar-refractivity contribution in [2.24, 2.45) is 5.73 Å². The van der Waals surface area contributed by atoms with E-state index in [1.54, 1.807) is 57.3 Å². The van der Waals surface area contributed by atoms with Crippen molar-refractivity contribution in [1.82, 2.24) is 31.6 Å². The summed E-state index contributed by atoms with van der Waals surface area (Å²) in [6.45, 7) is 5.13. The predicted octanol–water partition coefficient (Wildman–Crippen LogP) is 3.40. The van der Waals surface area contributed by atoms with Gasteiger partial charge >= 0.3 is 12.1 Å². The van der Waals surface area contributed by atoms with Crippen molar-refractivity contribution in [1.29, 1.82) is 0 Å². The summed E-state index contributed by atoms with van der Waals surface area (Å²) >= 11 is 0. The number of hydrogen-bond acceptors (Lipinski definition) is 8. The third-order valence-corrected chi connectivity index (χ3v) is 9.21. The Labute approximate surface area is 352 Å². The fraction of sp³-hybridized carbons (Fsp3) is 0.341. The number of amides is 6. The molecule has 0 bridgehead atoms. The first-order valence-corrected chi connectivity index (χ1v) is 19.7. The monoisotopic (exact) mass is 841 g/mol. The molecule has 4 rings (SSSR count). The minimum atomic E-state index is -1.70. The molecular formula is C44H52FN7O9. The van der Waals surface area contributed by atoms with E-state index < -0.39 is 83.6 Å². The van der Waals surface area contributed by atoms with Gasteiger partial charge in [-0.2, -0.15) is 0 Å². The first kappa shape index (κ1) is 46.6. The number of unbranched alkanes of at least 4 members (excludes halogenated alkanes) is 1. The summed E-state index contributed by atoms with van der Waals surface area (Å²) in [5.41, 5.74) is 7.40. The SMILES string of the molecule is CC(C)(C)OC(=O)N[C@@H](Cc1c[nH]c2ccccc12)C(=O)N[C@@H](CCCCNC(=O)/C=C/c1ccc(F)cc1)C(=O)N[C@@H](CC(=O)O)C(=O)N[C@@H](Cc1ccccc1)C(N)=O. The third kappa shape index (κ3) is 15.9. The highest BCUT2D eigenvalue weighted by atomic mass is 19.1. The molecule has 6 amide bonds. The minimum absolute atomic E-state index is 0.00460. The van der Waals surface area contributed by atoms with Crippen molar-refractivity contribution in [2.75, 3.05) is 6.54 Å². The molecule has 4 aromatic rings. The number of para-hydroxylation sites is 1. The number of alkyl carbamates (subject to hydrolysis) is 1. The standard InChI is InChI=1S/C44H52FN7O9/c1-44(2,3)61-43(60)52-35(24-29-26-48-32-14-8-7-13-31(29)32)41(58)49-33(15-9-10-22-47-37(53)21-18-27-16-19-30(45)20-17-27)40(57)51-36(25-38(54)55)42(59)50-34(39(46)56)23-28-11-5-4-6-12-28/h4-8,11-14,16-21,26,33-36,48H,9-10,15,22-25H2,1-3H3,(H2,46,56)(H,47,53)(H,49,58)(H,50,59)(H,51,57)(H,52,60)(H,54,55)/b21-18+/t33-,34-,35-,36-/m0/s1. The number of aromatic nitrogens is 1. The van der Waals surface area contributed by atoms with Gasteiger partial charge in [0.05, 0.1) is 6.42 Å².